The number of carbonyl (C=O) groups excluding carboxylic acids is 4. The molecule has 0 radical (unpaired) electrons. The van der Waals surface area contributed by atoms with Crippen LogP contribution in [-0.4, -0.2) is 28.8 Å². The first-order chi connectivity index (χ1) is 21.4. The van der Waals surface area contributed by atoms with Crippen molar-refractivity contribution >= 4 is 23.7 Å². The summed E-state index contributed by atoms with van der Waals surface area (Å²) in [5, 5.41) is 9.84. The van der Waals surface area contributed by atoms with E-state index in [-0.39, 0.29) is 58.1 Å². The first kappa shape index (κ1) is 29.5. The molecule has 44 heavy (non-hydrogen) atoms. The Morgan fingerprint density at radius 3 is 1.43 bits per heavy atom. The maximum absolute atomic E-state index is 13.8. The van der Waals surface area contributed by atoms with E-state index in [4.69, 9.17) is 14.2 Å². The highest BCUT2D eigenvalue weighted by Gasteiger charge is 2.26. The lowest BCUT2D eigenvalue weighted by atomic mass is 10.0. The standard InChI is InChI=1S/C36H26O8/c37-28-18-10-11-24(21-28)19-20-30(38)33-31(43-35(40)26-14-6-2-7-15-26)22-29(42-34(39)25-12-4-1-5-13-25)23-32(33)44-36(41)27-16-8-3-9-17-27/h1-18,21-23,37H,19-20H2. The molecule has 0 unspecified atom stereocenters. The van der Waals surface area contributed by atoms with E-state index in [0.717, 1.165) is 0 Å². The molecular weight excluding hydrogens is 560 g/mol. The zero-order valence-corrected chi connectivity index (χ0v) is 23.3. The number of rotatable bonds is 10. The van der Waals surface area contributed by atoms with Gasteiger partial charge in [0.05, 0.1) is 16.7 Å². The first-order valence-electron chi connectivity index (χ1n) is 13.7. The van der Waals surface area contributed by atoms with Gasteiger partial charge in [-0.3, -0.25) is 4.79 Å². The zero-order valence-electron chi connectivity index (χ0n) is 23.3. The highest BCUT2D eigenvalue weighted by molar-refractivity contribution is 6.04. The normalized spacial score (nSPS) is 10.5. The molecule has 0 aliphatic carbocycles. The van der Waals surface area contributed by atoms with Crippen molar-refractivity contribution in [2.75, 3.05) is 0 Å². The summed E-state index contributed by atoms with van der Waals surface area (Å²) in [6, 6.07) is 33.4. The molecule has 8 heteroatoms. The van der Waals surface area contributed by atoms with Crippen LogP contribution in [0.25, 0.3) is 0 Å². The molecule has 0 fully saturated rings. The van der Waals surface area contributed by atoms with Crippen molar-refractivity contribution in [1.82, 2.24) is 0 Å². The highest BCUT2D eigenvalue weighted by atomic mass is 16.6. The summed E-state index contributed by atoms with van der Waals surface area (Å²) in [5.41, 5.74) is 1.18. The second kappa shape index (κ2) is 13.8. The molecule has 0 saturated heterocycles. The summed E-state index contributed by atoms with van der Waals surface area (Å²) in [7, 11) is 0. The van der Waals surface area contributed by atoms with Crippen LogP contribution < -0.4 is 14.2 Å². The topological polar surface area (TPSA) is 116 Å². The van der Waals surface area contributed by atoms with Crippen LogP contribution in [0.2, 0.25) is 0 Å². The van der Waals surface area contributed by atoms with Gasteiger partial charge in [-0.1, -0.05) is 66.7 Å². The quantitative estimate of drug-likeness (QED) is 0.107. The molecule has 0 atom stereocenters. The summed E-state index contributed by atoms with van der Waals surface area (Å²) >= 11 is 0. The van der Waals surface area contributed by atoms with Crippen LogP contribution in [0, 0.1) is 0 Å². The van der Waals surface area contributed by atoms with Crippen LogP contribution >= 0.6 is 0 Å². The van der Waals surface area contributed by atoms with Gasteiger partial charge in [0.15, 0.2) is 5.78 Å². The average Bonchev–Trinajstić information content (AvgIpc) is 3.05. The Morgan fingerprint density at radius 2 is 0.977 bits per heavy atom. The van der Waals surface area contributed by atoms with Gasteiger partial charge in [-0.2, -0.15) is 0 Å². The summed E-state index contributed by atoms with van der Waals surface area (Å²) in [5.74, 6) is -3.36. The van der Waals surface area contributed by atoms with E-state index in [0.29, 0.717) is 5.56 Å². The van der Waals surface area contributed by atoms with E-state index < -0.39 is 23.7 Å². The molecule has 218 valence electrons. The second-order valence-corrected chi connectivity index (χ2v) is 9.65. The Morgan fingerprint density at radius 1 is 0.523 bits per heavy atom. The fraction of sp³-hybridized carbons (Fsp3) is 0.0556. The fourth-order valence-corrected chi connectivity index (χ4v) is 4.36. The predicted molar refractivity (Wildman–Crippen MR) is 161 cm³/mol. The molecule has 8 nitrogen and oxygen atoms in total. The lowest BCUT2D eigenvalue weighted by Crippen LogP contribution is -2.17. The Bertz CT molecular complexity index is 1720. The molecule has 0 amide bonds. The number of esters is 3. The van der Waals surface area contributed by atoms with Crippen LogP contribution in [-0.2, 0) is 6.42 Å². The predicted octanol–water partition coefficient (Wildman–Crippen LogP) is 6.87. The summed E-state index contributed by atoms with van der Waals surface area (Å²) in [6.07, 6.45) is 0.147. The average molecular weight is 587 g/mol. The number of Topliss-reactive ketones (excluding diaryl/α,β-unsaturated/α-hetero) is 1. The molecule has 0 aromatic heterocycles. The van der Waals surface area contributed by atoms with E-state index in [2.05, 4.69) is 0 Å². The minimum absolute atomic E-state index is 0.0505. The van der Waals surface area contributed by atoms with Gasteiger partial charge in [0.2, 0.25) is 0 Å². The molecule has 1 N–H and O–H groups in total. The molecule has 0 spiro atoms. The van der Waals surface area contributed by atoms with Crippen LogP contribution in [0.5, 0.6) is 23.0 Å². The SMILES string of the molecule is O=C(Oc1cc(OC(=O)c2ccccc2)c(C(=O)CCc2cccc(O)c2)c(OC(=O)c2ccccc2)c1)c1ccccc1. The van der Waals surface area contributed by atoms with Crippen molar-refractivity contribution in [2.45, 2.75) is 12.8 Å². The lowest BCUT2D eigenvalue weighted by Gasteiger charge is -2.16. The number of phenolic OH excluding ortho intramolecular Hbond substituents is 1. The Labute approximate surface area is 253 Å². The third kappa shape index (κ3) is 7.43. The molecule has 0 aliphatic rings. The largest absolute Gasteiger partial charge is 0.508 e. The van der Waals surface area contributed by atoms with Gasteiger partial charge < -0.3 is 19.3 Å². The van der Waals surface area contributed by atoms with Gasteiger partial charge in [-0.25, -0.2) is 14.4 Å². The number of hydrogen-bond donors (Lipinski definition) is 1. The minimum atomic E-state index is -0.778. The lowest BCUT2D eigenvalue weighted by molar-refractivity contribution is 0.0727. The van der Waals surface area contributed by atoms with Gasteiger partial charge >= 0.3 is 17.9 Å². The van der Waals surface area contributed by atoms with E-state index in [9.17, 15) is 24.3 Å². The van der Waals surface area contributed by atoms with Crippen LogP contribution in [0.4, 0.5) is 0 Å². The number of ether oxygens (including phenoxy) is 3. The number of ketones is 1. The Kier molecular flexibility index (Phi) is 9.22. The molecular formula is C36H26O8. The maximum Gasteiger partial charge on any atom is 0.343 e. The molecule has 5 rings (SSSR count). The van der Waals surface area contributed by atoms with Crippen molar-refractivity contribution in [2.24, 2.45) is 0 Å². The van der Waals surface area contributed by atoms with Gasteiger partial charge in [-0.15, -0.1) is 0 Å². The van der Waals surface area contributed by atoms with Crippen LogP contribution in [0.3, 0.4) is 0 Å². The number of aromatic hydroxyl groups is 1. The third-order valence-electron chi connectivity index (χ3n) is 6.51. The fourth-order valence-electron chi connectivity index (χ4n) is 4.36. The maximum atomic E-state index is 13.8. The Hall–Kier alpha value is -6.02. The van der Waals surface area contributed by atoms with Crippen molar-refractivity contribution < 1.29 is 38.5 Å². The van der Waals surface area contributed by atoms with Crippen LogP contribution in [0.1, 0.15) is 53.4 Å². The first-order valence-corrected chi connectivity index (χ1v) is 13.7. The monoisotopic (exact) mass is 586 g/mol. The Balaban J connectivity index is 1.57. The van der Waals surface area contributed by atoms with Crippen LogP contribution in [0.15, 0.2) is 127 Å². The van der Waals surface area contributed by atoms with Gasteiger partial charge in [0.25, 0.3) is 0 Å². The minimum Gasteiger partial charge on any atom is -0.508 e. The molecule has 0 aliphatic heterocycles. The molecule has 0 bridgehead atoms. The summed E-state index contributed by atoms with van der Waals surface area (Å²) < 4.78 is 17.0. The summed E-state index contributed by atoms with van der Waals surface area (Å²) in [4.78, 5) is 53.0. The smallest absolute Gasteiger partial charge is 0.343 e. The number of carbonyl (C=O) groups is 4. The number of hydrogen-bond acceptors (Lipinski definition) is 8. The number of phenols is 1. The van der Waals surface area contributed by atoms with Crippen molar-refractivity contribution in [1.29, 1.82) is 0 Å². The number of benzene rings is 5. The highest BCUT2D eigenvalue weighted by Crippen LogP contribution is 2.37. The third-order valence-corrected chi connectivity index (χ3v) is 6.51. The van der Waals surface area contributed by atoms with Crippen molar-refractivity contribution in [3.05, 3.63) is 155 Å². The van der Waals surface area contributed by atoms with Gasteiger partial charge in [0, 0.05) is 18.6 Å². The summed E-state index contributed by atoms with van der Waals surface area (Å²) in [6.45, 7) is 0. The van der Waals surface area contributed by atoms with E-state index in [1.165, 1.54) is 24.3 Å². The zero-order chi connectivity index (χ0) is 30.9. The van der Waals surface area contributed by atoms with E-state index >= 15 is 0 Å². The molecule has 0 heterocycles. The van der Waals surface area contributed by atoms with E-state index in [1.54, 1.807) is 103 Å². The number of aryl methyl sites for hydroxylation is 1. The van der Waals surface area contributed by atoms with E-state index in [1.807, 2.05) is 0 Å². The van der Waals surface area contributed by atoms with Crippen molar-refractivity contribution in [3.8, 4) is 23.0 Å². The van der Waals surface area contributed by atoms with Crippen molar-refractivity contribution in [3.63, 3.8) is 0 Å². The molecule has 0 saturated carbocycles. The van der Waals surface area contributed by atoms with Gasteiger partial charge in [-0.05, 0) is 60.5 Å². The molecule has 5 aromatic rings. The molecule has 5 aromatic carbocycles. The van der Waals surface area contributed by atoms with Gasteiger partial charge in [0.1, 0.15) is 28.6 Å². The second-order valence-electron chi connectivity index (χ2n) is 9.65.